The van der Waals surface area contributed by atoms with Gasteiger partial charge in [-0.1, -0.05) is 91.0 Å². The second-order valence-corrected chi connectivity index (χ2v) is 14.4. The van der Waals surface area contributed by atoms with E-state index in [0.29, 0.717) is 0 Å². The number of hydrogen-bond acceptors (Lipinski definition) is 3. The summed E-state index contributed by atoms with van der Waals surface area (Å²) < 4.78 is 10.6. The van der Waals surface area contributed by atoms with Crippen molar-refractivity contribution in [1.29, 1.82) is 0 Å². The molecule has 3 heterocycles. The lowest BCUT2D eigenvalue weighted by Gasteiger charge is -2.18. The molecule has 0 unspecified atom stereocenters. The Kier molecular flexibility index (Phi) is 5.20. The zero-order valence-electron chi connectivity index (χ0n) is 25.1. The van der Waals surface area contributed by atoms with Crippen LogP contribution in [0.2, 0.25) is 0 Å². The quantitative estimate of drug-likeness (QED) is 0.173. The number of fused-ring (bicyclic) bond motifs is 12. The summed E-state index contributed by atoms with van der Waals surface area (Å²) >= 11 is 3.71. The molecule has 0 atom stereocenters. The molecule has 0 amide bonds. The van der Waals surface area contributed by atoms with Crippen molar-refractivity contribution in [3.05, 3.63) is 145 Å². The Morgan fingerprint density at radius 1 is 0.383 bits per heavy atom. The molecule has 11 rings (SSSR count). The molecule has 0 spiro atoms. The lowest BCUT2D eigenvalue weighted by atomic mass is 9.85. The van der Waals surface area contributed by atoms with E-state index < -0.39 is 0 Å². The van der Waals surface area contributed by atoms with Gasteiger partial charge < -0.3 is 4.42 Å². The van der Waals surface area contributed by atoms with Gasteiger partial charge in [0.05, 0.1) is 0 Å². The molecular weight excluding hydrogens is 609 g/mol. The van der Waals surface area contributed by atoms with Gasteiger partial charge >= 0.3 is 0 Å². The Bertz CT molecular complexity index is 3020. The standard InChI is InChI=1S/C44H24OS2/c1-2-8-28-25(7-1)14-17-36-43(28)33-16-13-27(24-37(33)45-36)42-31-11-5-3-9-29(31)41(30-10-4-6-12-32(30)42)26-15-18-39-35(23-26)44-34-21-22-46-38(34)19-20-40(44)47-39/h1-24H. The molecule has 218 valence electrons. The number of benzene rings is 8. The van der Waals surface area contributed by atoms with Crippen molar-refractivity contribution in [3.8, 4) is 22.3 Å². The van der Waals surface area contributed by atoms with Crippen molar-refractivity contribution in [3.63, 3.8) is 0 Å². The third-order valence-corrected chi connectivity index (χ3v) is 12.0. The normalized spacial score (nSPS) is 12.3. The van der Waals surface area contributed by atoms with E-state index in [1.54, 1.807) is 0 Å². The Morgan fingerprint density at radius 3 is 1.79 bits per heavy atom. The van der Waals surface area contributed by atoms with Crippen LogP contribution in [0.1, 0.15) is 0 Å². The molecule has 0 fully saturated rings. The molecule has 47 heavy (non-hydrogen) atoms. The van der Waals surface area contributed by atoms with Crippen LogP contribution in [-0.2, 0) is 0 Å². The smallest absolute Gasteiger partial charge is 0.136 e. The molecule has 0 N–H and O–H groups in total. The van der Waals surface area contributed by atoms with Crippen molar-refractivity contribution in [2.24, 2.45) is 0 Å². The van der Waals surface area contributed by atoms with E-state index in [2.05, 4.69) is 145 Å². The van der Waals surface area contributed by atoms with E-state index in [-0.39, 0.29) is 0 Å². The average Bonchev–Trinajstić information content (AvgIpc) is 3.85. The van der Waals surface area contributed by atoms with Crippen LogP contribution < -0.4 is 0 Å². The summed E-state index contributed by atoms with van der Waals surface area (Å²) in [7, 11) is 0. The molecule has 3 heteroatoms. The first-order valence-electron chi connectivity index (χ1n) is 15.9. The Hall–Kier alpha value is -5.48. The van der Waals surface area contributed by atoms with E-state index in [1.807, 2.05) is 22.7 Å². The van der Waals surface area contributed by atoms with Gasteiger partial charge in [0.2, 0.25) is 0 Å². The fourth-order valence-corrected chi connectivity index (χ4v) is 9.82. The van der Waals surface area contributed by atoms with Gasteiger partial charge in [-0.3, -0.25) is 0 Å². The van der Waals surface area contributed by atoms with Gasteiger partial charge in [0.1, 0.15) is 11.2 Å². The molecule has 3 aromatic heterocycles. The first-order valence-corrected chi connectivity index (χ1v) is 17.6. The Morgan fingerprint density at radius 2 is 1.02 bits per heavy atom. The van der Waals surface area contributed by atoms with E-state index in [0.717, 1.165) is 16.6 Å². The highest BCUT2D eigenvalue weighted by Gasteiger charge is 2.19. The molecule has 8 aromatic carbocycles. The maximum atomic E-state index is 6.53. The van der Waals surface area contributed by atoms with Crippen LogP contribution in [0.4, 0.5) is 0 Å². The molecule has 0 aliphatic heterocycles. The molecule has 1 nitrogen and oxygen atoms in total. The molecule has 0 radical (unpaired) electrons. The number of hydrogen-bond donors (Lipinski definition) is 0. The molecule has 11 aromatic rings. The Labute approximate surface area is 277 Å². The zero-order valence-corrected chi connectivity index (χ0v) is 26.7. The zero-order chi connectivity index (χ0) is 30.6. The second kappa shape index (κ2) is 9.52. The van der Waals surface area contributed by atoms with E-state index >= 15 is 0 Å². The van der Waals surface area contributed by atoms with Gasteiger partial charge in [0, 0.05) is 41.0 Å². The average molecular weight is 633 g/mol. The number of furan rings is 1. The van der Waals surface area contributed by atoms with Crippen molar-refractivity contribution in [2.75, 3.05) is 0 Å². The van der Waals surface area contributed by atoms with Crippen LogP contribution in [0.25, 0.3) is 107 Å². The van der Waals surface area contributed by atoms with Gasteiger partial charge in [0.15, 0.2) is 0 Å². The topological polar surface area (TPSA) is 13.1 Å². The lowest BCUT2D eigenvalue weighted by Crippen LogP contribution is -1.90. The highest BCUT2D eigenvalue weighted by molar-refractivity contribution is 7.26. The van der Waals surface area contributed by atoms with E-state index in [4.69, 9.17) is 4.42 Å². The second-order valence-electron chi connectivity index (χ2n) is 12.4. The summed E-state index contributed by atoms with van der Waals surface area (Å²) in [6.07, 6.45) is 0. The number of rotatable bonds is 2. The summed E-state index contributed by atoms with van der Waals surface area (Å²) in [5.41, 5.74) is 6.80. The van der Waals surface area contributed by atoms with Crippen molar-refractivity contribution in [2.45, 2.75) is 0 Å². The van der Waals surface area contributed by atoms with Gasteiger partial charge in [-0.15, -0.1) is 22.7 Å². The van der Waals surface area contributed by atoms with E-state index in [1.165, 1.54) is 90.2 Å². The van der Waals surface area contributed by atoms with E-state index in [9.17, 15) is 0 Å². The molecular formula is C44H24OS2. The van der Waals surface area contributed by atoms with Crippen LogP contribution in [-0.4, -0.2) is 0 Å². The maximum absolute atomic E-state index is 6.53. The first-order chi connectivity index (χ1) is 23.3. The van der Waals surface area contributed by atoms with Crippen LogP contribution in [0.15, 0.2) is 149 Å². The summed E-state index contributed by atoms with van der Waals surface area (Å²) in [5.74, 6) is 0. The predicted molar refractivity (Wildman–Crippen MR) is 205 cm³/mol. The van der Waals surface area contributed by atoms with Crippen molar-refractivity contribution < 1.29 is 4.42 Å². The number of thiophene rings is 2. The SMILES string of the molecule is c1ccc2c(c1)ccc1oc3cc(-c4c5ccccc5c(-c5ccc6sc7ccc8sccc8c7c6c5)c5ccccc45)ccc3c12. The van der Waals surface area contributed by atoms with Gasteiger partial charge in [0.25, 0.3) is 0 Å². The third-order valence-electron chi connectivity index (χ3n) is 9.94. The van der Waals surface area contributed by atoms with Crippen LogP contribution in [0.5, 0.6) is 0 Å². The lowest BCUT2D eigenvalue weighted by molar-refractivity contribution is 0.669. The minimum Gasteiger partial charge on any atom is -0.456 e. The van der Waals surface area contributed by atoms with Crippen LogP contribution in [0, 0.1) is 0 Å². The first kappa shape index (κ1) is 25.7. The fourth-order valence-electron chi connectivity index (χ4n) is 7.93. The largest absolute Gasteiger partial charge is 0.456 e. The molecule has 0 aliphatic rings. The van der Waals surface area contributed by atoms with Crippen LogP contribution >= 0.6 is 22.7 Å². The van der Waals surface area contributed by atoms with Gasteiger partial charge in [-0.05, 0) is 108 Å². The minimum absolute atomic E-state index is 0.917. The molecule has 0 aliphatic carbocycles. The van der Waals surface area contributed by atoms with Crippen LogP contribution in [0.3, 0.4) is 0 Å². The maximum Gasteiger partial charge on any atom is 0.136 e. The monoisotopic (exact) mass is 632 g/mol. The predicted octanol–water partition coefficient (Wildman–Crippen LogP) is 14.0. The molecule has 0 saturated heterocycles. The molecule has 0 saturated carbocycles. The highest BCUT2D eigenvalue weighted by atomic mass is 32.1. The van der Waals surface area contributed by atoms with Crippen molar-refractivity contribution >= 4 is 107 Å². The minimum atomic E-state index is 0.917. The summed E-state index contributed by atoms with van der Waals surface area (Å²) in [4.78, 5) is 0. The fraction of sp³-hybridized carbons (Fsp3) is 0. The third kappa shape index (κ3) is 3.58. The summed E-state index contributed by atoms with van der Waals surface area (Å²) in [5, 5.41) is 16.1. The van der Waals surface area contributed by atoms with Gasteiger partial charge in [-0.2, -0.15) is 0 Å². The molecule has 0 bridgehead atoms. The van der Waals surface area contributed by atoms with Gasteiger partial charge in [-0.25, -0.2) is 0 Å². The summed E-state index contributed by atoms with van der Waals surface area (Å²) in [6, 6.07) is 51.3. The van der Waals surface area contributed by atoms with Crippen molar-refractivity contribution in [1.82, 2.24) is 0 Å². The highest BCUT2D eigenvalue weighted by Crippen LogP contribution is 2.47. The Balaban J connectivity index is 1.20. The summed E-state index contributed by atoms with van der Waals surface area (Å²) in [6.45, 7) is 0.